The molecule has 2 aromatic carbocycles. The van der Waals surface area contributed by atoms with Crippen molar-refractivity contribution in [1.82, 2.24) is 20.5 Å². The fraction of sp³-hybridized carbons (Fsp3) is 0.118. The number of aryl methyl sites for hydroxylation is 2. The van der Waals surface area contributed by atoms with E-state index in [1.165, 1.54) is 0 Å². The van der Waals surface area contributed by atoms with Crippen molar-refractivity contribution < 1.29 is 10.0 Å². The first-order valence-corrected chi connectivity index (χ1v) is 7.73. The van der Waals surface area contributed by atoms with Crippen LogP contribution in [0.2, 0.25) is 5.02 Å². The van der Waals surface area contributed by atoms with E-state index in [1.54, 1.807) is 28.4 Å². The molecule has 1 amide bonds. The van der Waals surface area contributed by atoms with Crippen molar-refractivity contribution in [3.8, 4) is 11.3 Å². The number of aromatic nitrogens is 3. The maximum atomic E-state index is 11.5. The molecule has 0 spiro atoms. The van der Waals surface area contributed by atoms with Crippen LogP contribution in [0.1, 0.15) is 15.9 Å². The van der Waals surface area contributed by atoms with Crippen LogP contribution in [-0.4, -0.2) is 26.1 Å². The minimum absolute atomic E-state index is 0.353. The van der Waals surface area contributed by atoms with Gasteiger partial charge < -0.3 is 0 Å². The molecule has 122 valence electrons. The first-order chi connectivity index (χ1) is 11.7. The van der Waals surface area contributed by atoms with Crippen LogP contribution in [0.25, 0.3) is 11.3 Å². The number of carbonyl (C=O) groups excluding carboxylic acids is 1. The molecule has 0 saturated carbocycles. The molecule has 1 aromatic heterocycles. The van der Waals surface area contributed by atoms with Crippen LogP contribution < -0.4 is 5.48 Å². The molecule has 0 saturated heterocycles. The Morgan fingerprint density at radius 2 is 2.00 bits per heavy atom. The lowest BCUT2D eigenvalue weighted by molar-refractivity contribution is 0.0706. The van der Waals surface area contributed by atoms with Gasteiger partial charge in [-0.1, -0.05) is 41.1 Å². The van der Waals surface area contributed by atoms with Crippen molar-refractivity contribution in [2.45, 2.75) is 13.0 Å². The summed E-state index contributed by atoms with van der Waals surface area (Å²) in [7, 11) is 0. The molecular weight excluding hydrogens is 328 g/mol. The molecule has 0 atom stereocenters. The third-order valence-electron chi connectivity index (χ3n) is 3.60. The Balaban J connectivity index is 1.71. The average Bonchev–Trinajstić information content (AvgIpc) is 3.10. The molecule has 2 N–H and O–H groups in total. The standard InChI is InChI=1S/C17H15ClN4O2/c18-15-6-4-12(5-7-15)8-9-22-11-16(19-21-22)13-2-1-3-14(10-13)17(23)20-24/h1-7,10-11,24H,8-9H2,(H,20,23). The van der Waals surface area contributed by atoms with Gasteiger partial charge >= 0.3 is 0 Å². The Morgan fingerprint density at radius 1 is 1.21 bits per heavy atom. The molecule has 1 heterocycles. The molecule has 0 unspecified atom stereocenters. The average molecular weight is 343 g/mol. The second kappa shape index (κ2) is 7.25. The van der Waals surface area contributed by atoms with Crippen molar-refractivity contribution in [3.05, 3.63) is 70.9 Å². The topological polar surface area (TPSA) is 80.0 Å². The van der Waals surface area contributed by atoms with Crippen molar-refractivity contribution in [1.29, 1.82) is 0 Å². The van der Waals surface area contributed by atoms with Gasteiger partial charge in [-0.25, -0.2) is 5.48 Å². The van der Waals surface area contributed by atoms with Gasteiger partial charge in [0.2, 0.25) is 0 Å². The van der Waals surface area contributed by atoms with Crippen LogP contribution in [0.5, 0.6) is 0 Å². The van der Waals surface area contributed by atoms with Crippen molar-refractivity contribution in [3.63, 3.8) is 0 Å². The second-order valence-electron chi connectivity index (χ2n) is 5.27. The lowest BCUT2D eigenvalue weighted by Crippen LogP contribution is -2.18. The number of nitrogens with zero attached hydrogens (tertiary/aromatic N) is 3. The summed E-state index contributed by atoms with van der Waals surface area (Å²) in [5, 5.41) is 17.7. The van der Waals surface area contributed by atoms with E-state index >= 15 is 0 Å². The Labute approximate surface area is 143 Å². The SMILES string of the molecule is O=C(NO)c1cccc(-c2cn(CCc3ccc(Cl)cc3)nn2)c1. The third kappa shape index (κ3) is 3.79. The summed E-state index contributed by atoms with van der Waals surface area (Å²) in [6.07, 6.45) is 2.64. The van der Waals surface area contributed by atoms with Gasteiger partial charge in [-0.3, -0.25) is 14.7 Å². The molecule has 3 rings (SSSR count). The van der Waals surface area contributed by atoms with E-state index in [0.717, 1.165) is 17.5 Å². The van der Waals surface area contributed by atoms with Crippen LogP contribution in [0.4, 0.5) is 0 Å². The number of amides is 1. The zero-order valence-electron chi connectivity index (χ0n) is 12.7. The second-order valence-corrected chi connectivity index (χ2v) is 5.70. The van der Waals surface area contributed by atoms with Gasteiger partial charge in [-0.2, -0.15) is 0 Å². The first-order valence-electron chi connectivity index (χ1n) is 7.35. The van der Waals surface area contributed by atoms with Gasteiger partial charge in [-0.05, 0) is 36.2 Å². The number of carbonyl (C=O) groups is 1. The third-order valence-corrected chi connectivity index (χ3v) is 3.86. The van der Waals surface area contributed by atoms with Crippen molar-refractivity contribution >= 4 is 17.5 Å². The highest BCUT2D eigenvalue weighted by Gasteiger charge is 2.08. The predicted octanol–water partition coefficient (Wildman–Crippen LogP) is 2.96. The van der Waals surface area contributed by atoms with Crippen LogP contribution in [0.15, 0.2) is 54.7 Å². The first kappa shape index (κ1) is 16.2. The Morgan fingerprint density at radius 3 is 2.75 bits per heavy atom. The van der Waals surface area contributed by atoms with Gasteiger partial charge in [0.25, 0.3) is 5.91 Å². The highest BCUT2D eigenvalue weighted by atomic mass is 35.5. The lowest BCUT2D eigenvalue weighted by atomic mass is 10.1. The van der Waals surface area contributed by atoms with Gasteiger partial charge in [0.05, 0.1) is 6.20 Å². The van der Waals surface area contributed by atoms with Crippen LogP contribution in [0, 0.1) is 0 Å². The molecule has 0 radical (unpaired) electrons. The summed E-state index contributed by atoms with van der Waals surface area (Å²) in [5.74, 6) is -0.563. The summed E-state index contributed by atoms with van der Waals surface area (Å²) in [5.41, 5.74) is 4.56. The monoisotopic (exact) mass is 342 g/mol. The minimum atomic E-state index is -0.563. The van der Waals surface area contributed by atoms with Crippen LogP contribution in [0.3, 0.4) is 0 Å². The van der Waals surface area contributed by atoms with Gasteiger partial charge in [0.15, 0.2) is 0 Å². The normalized spacial score (nSPS) is 10.6. The molecule has 7 heteroatoms. The number of benzene rings is 2. The number of nitrogens with one attached hydrogen (secondary N) is 1. The highest BCUT2D eigenvalue weighted by molar-refractivity contribution is 6.30. The van der Waals surface area contributed by atoms with Gasteiger partial charge in [-0.15, -0.1) is 5.10 Å². The number of hydrogen-bond acceptors (Lipinski definition) is 4. The van der Waals surface area contributed by atoms with Crippen LogP contribution >= 0.6 is 11.6 Å². The fourth-order valence-electron chi connectivity index (χ4n) is 2.32. The quantitative estimate of drug-likeness (QED) is 0.552. The molecule has 0 aliphatic heterocycles. The van der Waals surface area contributed by atoms with Crippen molar-refractivity contribution in [2.24, 2.45) is 0 Å². The summed E-state index contributed by atoms with van der Waals surface area (Å²) in [6, 6.07) is 14.5. The highest BCUT2D eigenvalue weighted by Crippen LogP contribution is 2.18. The molecule has 0 bridgehead atoms. The van der Waals surface area contributed by atoms with E-state index in [0.29, 0.717) is 22.8 Å². The minimum Gasteiger partial charge on any atom is -0.288 e. The maximum absolute atomic E-state index is 11.5. The number of hydroxylamine groups is 1. The van der Waals surface area contributed by atoms with E-state index < -0.39 is 5.91 Å². The van der Waals surface area contributed by atoms with E-state index in [1.807, 2.05) is 36.5 Å². The molecule has 0 fully saturated rings. The van der Waals surface area contributed by atoms with E-state index in [2.05, 4.69) is 10.3 Å². The smallest absolute Gasteiger partial charge is 0.274 e. The van der Waals surface area contributed by atoms with Gasteiger partial charge in [0.1, 0.15) is 5.69 Å². The predicted molar refractivity (Wildman–Crippen MR) is 89.9 cm³/mol. The molecule has 6 nitrogen and oxygen atoms in total. The fourth-order valence-corrected chi connectivity index (χ4v) is 2.44. The summed E-state index contributed by atoms with van der Waals surface area (Å²) in [6.45, 7) is 0.686. The molecule has 3 aromatic rings. The lowest BCUT2D eigenvalue weighted by Gasteiger charge is -2.02. The Hall–Kier alpha value is -2.70. The zero-order chi connectivity index (χ0) is 16.9. The summed E-state index contributed by atoms with van der Waals surface area (Å²) in [4.78, 5) is 11.5. The molecular formula is C17H15ClN4O2. The Bertz CT molecular complexity index is 846. The molecule has 0 aliphatic rings. The largest absolute Gasteiger partial charge is 0.288 e. The molecule has 24 heavy (non-hydrogen) atoms. The van der Waals surface area contributed by atoms with Crippen molar-refractivity contribution in [2.75, 3.05) is 0 Å². The summed E-state index contributed by atoms with van der Waals surface area (Å²) < 4.78 is 1.75. The maximum Gasteiger partial charge on any atom is 0.274 e. The van der Waals surface area contributed by atoms with Crippen LogP contribution in [-0.2, 0) is 13.0 Å². The zero-order valence-corrected chi connectivity index (χ0v) is 13.4. The van der Waals surface area contributed by atoms with E-state index in [9.17, 15) is 4.79 Å². The van der Waals surface area contributed by atoms with E-state index in [-0.39, 0.29) is 0 Å². The summed E-state index contributed by atoms with van der Waals surface area (Å²) >= 11 is 5.87. The van der Waals surface area contributed by atoms with Gasteiger partial charge in [0, 0.05) is 22.7 Å². The number of halogens is 1. The van der Waals surface area contributed by atoms with E-state index in [4.69, 9.17) is 16.8 Å². The Kier molecular flexibility index (Phi) is 4.88. The number of rotatable bonds is 5. The molecule has 0 aliphatic carbocycles. The number of hydrogen-bond donors (Lipinski definition) is 2.